The zero-order valence-corrected chi connectivity index (χ0v) is 10.2. The van der Waals surface area contributed by atoms with Crippen LogP contribution < -0.4 is 11.3 Å². The van der Waals surface area contributed by atoms with E-state index >= 15 is 0 Å². The number of nitrogens with one attached hydrogen (secondary N) is 1. The molecule has 1 atom stereocenters. The topological polar surface area (TPSA) is 50.9 Å². The first kappa shape index (κ1) is 11.3. The van der Waals surface area contributed by atoms with Crippen LogP contribution in [0, 0.1) is 13.8 Å². The van der Waals surface area contributed by atoms with Gasteiger partial charge in [0, 0.05) is 5.38 Å². The summed E-state index contributed by atoms with van der Waals surface area (Å²) in [5.41, 5.74) is 9.29. The van der Waals surface area contributed by atoms with E-state index in [4.69, 9.17) is 5.84 Å². The highest BCUT2D eigenvalue weighted by atomic mass is 32.1. The summed E-state index contributed by atoms with van der Waals surface area (Å²) in [5.74, 6) is 5.62. The second-order valence-electron chi connectivity index (χ2n) is 3.87. The van der Waals surface area contributed by atoms with Crippen LogP contribution in [0.4, 0.5) is 0 Å². The Balaban J connectivity index is 2.41. The van der Waals surface area contributed by atoms with Crippen LogP contribution in [0.15, 0.2) is 29.1 Å². The fourth-order valence-corrected chi connectivity index (χ4v) is 2.43. The number of rotatable bonds is 3. The van der Waals surface area contributed by atoms with Crippen LogP contribution in [-0.2, 0) is 0 Å². The molecule has 0 aliphatic rings. The molecule has 3 N–H and O–H groups in total. The molecule has 3 nitrogen and oxygen atoms in total. The number of aryl methyl sites for hydroxylation is 2. The Morgan fingerprint density at radius 3 is 2.75 bits per heavy atom. The molecule has 0 radical (unpaired) electrons. The fourth-order valence-electron chi connectivity index (χ4n) is 1.85. The highest BCUT2D eigenvalue weighted by molar-refractivity contribution is 7.07. The van der Waals surface area contributed by atoms with Gasteiger partial charge in [0.05, 0.1) is 17.2 Å². The molecule has 0 aliphatic carbocycles. The summed E-state index contributed by atoms with van der Waals surface area (Å²) in [6, 6.07) is 6.34. The first-order chi connectivity index (χ1) is 7.72. The van der Waals surface area contributed by atoms with Gasteiger partial charge in [-0.05, 0) is 25.0 Å². The van der Waals surface area contributed by atoms with Gasteiger partial charge in [-0.15, -0.1) is 11.3 Å². The summed E-state index contributed by atoms with van der Waals surface area (Å²) in [5, 5.41) is 2.02. The molecule has 1 unspecified atom stereocenters. The maximum atomic E-state index is 5.62. The quantitative estimate of drug-likeness (QED) is 0.632. The lowest BCUT2D eigenvalue weighted by Gasteiger charge is -2.16. The van der Waals surface area contributed by atoms with Crippen LogP contribution in [0.5, 0.6) is 0 Å². The summed E-state index contributed by atoms with van der Waals surface area (Å²) in [6.45, 7) is 4.18. The Labute approximate surface area is 99.3 Å². The standard InChI is InChI=1S/C12H15N3S/c1-8-3-4-10(9(2)5-8)12(15-13)11-6-16-7-14-11/h3-7,12,15H,13H2,1-2H3. The summed E-state index contributed by atoms with van der Waals surface area (Å²) < 4.78 is 0. The molecule has 0 amide bonds. The molecule has 0 aliphatic heterocycles. The molecule has 2 rings (SSSR count). The summed E-state index contributed by atoms with van der Waals surface area (Å²) in [4.78, 5) is 4.30. The van der Waals surface area contributed by atoms with Gasteiger partial charge in [0.15, 0.2) is 0 Å². The number of hydrazine groups is 1. The molecular weight excluding hydrogens is 218 g/mol. The van der Waals surface area contributed by atoms with Crippen molar-refractivity contribution in [2.45, 2.75) is 19.9 Å². The van der Waals surface area contributed by atoms with Gasteiger partial charge < -0.3 is 0 Å². The smallest absolute Gasteiger partial charge is 0.0892 e. The minimum atomic E-state index is -0.0214. The van der Waals surface area contributed by atoms with Crippen molar-refractivity contribution in [3.8, 4) is 0 Å². The van der Waals surface area contributed by atoms with E-state index in [9.17, 15) is 0 Å². The van der Waals surface area contributed by atoms with Gasteiger partial charge >= 0.3 is 0 Å². The molecule has 0 bridgehead atoms. The number of nitrogens with two attached hydrogens (primary N) is 1. The molecule has 1 heterocycles. The van der Waals surface area contributed by atoms with Crippen LogP contribution >= 0.6 is 11.3 Å². The molecule has 0 saturated heterocycles. The summed E-state index contributed by atoms with van der Waals surface area (Å²) >= 11 is 1.58. The van der Waals surface area contributed by atoms with E-state index in [1.165, 1.54) is 16.7 Å². The zero-order chi connectivity index (χ0) is 11.5. The lowest BCUT2D eigenvalue weighted by Crippen LogP contribution is -2.29. The Hall–Kier alpha value is -1.23. The molecule has 1 aromatic heterocycles. The van der Waals surface area contributed by atoms with Crippen LogP contribution in [0.3, 0.4) is 0 Å². The molecule has 84 valence electrons. The maximum Gasteiger partial charge on any atom is 0.0892 e. The van der Waals surface area contributed by atoms with Gasteiger partial charge in [0.25, 0.3) is 0 Å². The van der Waals surface area contributed by atoms with E-state index in [1.807, 2.05) is 10.9 Å². The van der Waals surface area contributed by atoms with Crippen molar-refractivity contribution in [1.29, 1.82) is 0 Å². The van der Waals surface area contributed by atoms with Crippen LogP contribution in [0.1, 0.15) is 28.4 Å². The van der Waals surface area contributed by atoms with E-state index in [0.717, 1.165) is 5.69 Å². The van der Waals surface area contributed by atoms with Gasteiger partial charge in [-0.1, -0.05) is 23.8 Å². The lowest BCUT2D eigenvalue weighted by molar-refractivity contribution is 0.621. The predicted molar refractivity (Wildman–Crippen MR) is 67.2 cm³/mol. The SMILES string of the molecule is Cc1ccc(C(NN)c2cscn2)c(C)c1. The van der Waals surface area contributed by atoms with E-state index in [0.29, 0.717) is 0 Å². The third-order valence-corrected chi connectivity index (χ3v) is 3.25. The third-order valence-electron chi connectivity index (χ3n) is 2.65. The normalized spacial score (nSPS) is 12.7. The van der Waals surface area contributed by atoms with E-state index in [2.05, 4.69) is 42.5 Å². The Morgan fingerprint density at radius 1 is 1.38 bits per heavy atom. The van der Waals surface area contributed by atoms with Gasteiger partial charge in [-0.25, -0.2) is 10.4 Å². The number of nitrogens with zero attached hydrogens (tertiary/aromatic N) is 1. The molecular formula is C12H15N3S. The first-order valence-electron chi connectivity index (χ1n) is 5.13. The minimum absolute atomic E-state index is 0.0214. The molecule has 1 aromatic carbocycles. The number of benzene rings is 1. The molecule has 4 heteroatoms. The van der Waals surface area contributed by atoms with Crippen LogP contribution in [0.25, 0.3) is 0 Å². The number of aromatic nitrogens is 1. The van der Waals surface area contributed by atoms with Crippen molar-refractivity contribution in [2.75, 3.05) is 0 Å². The second kappa shape index (κ2) is 4.74. The largest absolute Gasteiger partial charge is 0.271 e. The Morgan fingerprint density at radius 2 is 2.19 bits per heavy atom. The maximum absolute atomic E-state index is 5.62. The Bertz CT molecular complexity index is 465. The highest BCUT2D eigenvalue weighted by Crippen LogP contribution is 2.24. The van der Waals surface area contributed by atoms with Gasteiger partial charge in [-0.2, -0.15) is 0 Å². The van der Waals surface area contributed by atoms with Crippen LogP contribution in [-0.4, -0.2) is 4.98 Å². The summed E-state index contributed by atoms with van der Waals surface area (Å²) in [6.07, 6.45) is 0. The van der Waals surface area contributed by atoms with E-state index in [1.54, 1.807) is 11.3 Å². The number of hydrogen-bond acceptors (Lipinski definition) is 4. The Kier molecular flexibility index (Phi) is 3.33. The number of thiazole rings is 1. The monoisotopic (exact) mass is 233 g/mol. The summed E-state index contributed by atoms with van der Waals surface area (Å²) in [7, 11) is 0. The van der Waals surface area contributed by atoms with Crippen LogP contribution in [0.2, 0.25) is 0 Å². The second-order valence-corrected chi connectivity index (χ2v) is 4.59. The van der Waals surface area contributed by atoms with Crippen molar-refractivity contribution in [3.05, 3.63) is 51.5 Å². The van der Waals surface area contributed by atoms with Crippen molar-refractivity contribution in [2.24, 2.45) is 5.84 Å². The number of hydrogen-bond donors (Lipinski definition) is 2. The molecule has 2 aromatic rings. The van der Waals surface area contributed by atoms with Crippen molar-refractivity contribution < 1.29 is 0 Å². The fraction of sp³-hybridized carbons (Fsp3) is 0.250. The third kappa shape index (κ3) is 2.14. The van der Waals surface area contributed by atoms with Crippen molar-refractivity contribution in [3.63, 3.8) is 0 Å². The zero-order valence-electron chi connectivity index (χ0n) is 9.40. The average Bonchev–Trinajstić information content (AvgIpc) is 2.75. The van der Waals surface area contributed by atoms with Gasteiger partial charge in [0.2, 0.25) is 0 Å². The molecule has 16 heavy (non-hydrogen) atoms. The minimum Gasteiger partial charge on any atom is -0.271 e. The first-order valence-corrected chi connectivity index (χ1v) is 6.08. The lowest BCUT2D eigenvalue weighted by atomic mass is 9.98. The molecule has 0 spiro atoms. The highest BCUT2D eigenvalue weighted by Gasteiger charge is 2.15. The van der Waals surface area contributed by atoms with Gasteiger partial charge in [0.1, 0.15) is 0 Å². The molecule has 0 saturated carbocycles. The van der Waals surface area contributed by atoms with E-state index < -0.39 is 0 Å². The average molecular weight is 233 g/mol. The molecule has 0 fully saturated rings. The van der Waals surface area contributed by atoms with E-state index in [-0.39, 0.29) is 6.04 Å². The van der Waals surface area contributed by atoms with Crippen molar-refractivity contribution >= 4 is 11.3 Å². The predicted octanol–water partition coefficient (Wildman–Crippen LogP) is 2.31. The van der Waals surface area contributed by atoms with Gasteiger partial charge in [-0.3, -0.25) is 5.84 Å². The van der Waals surface area contributed by atoms with Crippen molar-refractivity contribution in [1.82, 2.24) is 10.4 Å².